The van der Waals surface area contributed by atoms with Crippen LogP contribution in [0.3, 0.4) is 0 Å². The first-order valence-electron chi connectivity index (χ1n) is 2.66. The van der Waals surface area contributed by atoms with Crippen molar-refractivity contribution in [1.82, 2.24) is 0 Å². The summed E-state index contributed by atoms with van der Waals surface area (Å²) < 4.78 is 39.7. The molecule has 62 valence electrons. The van der Waals surface area contributed by atoms with Crippen LogP contribution < -0.4 is 5.73 Å². The predicted molar refractivity (Wildman–Crippen MR) is 30.5 cm³/mol. The minimum atomic E-state index is -4.40. The lowest BCUT2D eigenvalue weighted by Crippen LogP contribution is -2.54. The number of hydrogen-bond donors (Lipinski definition) is 1. The molecule has 0 amide bonds. The smallest absolute Gasteiger partial charge is 0.382 e. The molecule has 5 heteroatoms. The van der Waals surface area contributed by atoms with Crippen molar-refractivity contribution in [3.8, 4) is 0 Å². The normalized spacial score (nSPS) is 18.6. The number of ether oxygens (including phenoxy) is 1. The fourth-order valence-electron chi connectivity index (χ4n) is 0.382. The van der Waals surface area contributed by atoms with Gasteiger partial charge in [0.15, 0.2) is 0 Å². The van der Waals surface area contributed by atoms with E-state index in [2.05, 4.69) is 4.74 Å². The fraction of sp³-hybridized carbons (Fsp3) is 1.00. The number of alkyl halides is 3. The summed E-state index contributed by atoms with van der Waals surface area (Å²) in [5.74, 6) is 0. The van der Waals surface area contributed by atoms with Gasteiger partial charge in [-0.3, -0.25) is 0 Å². The molecule has 0 radical (unpaired) electrons. The van der Waals surface area contributed by atoms with E-state index in [9.17, 15) is 13.2 Å². The predicted octanol–water partition coefficient (Wildman–Crippen LogP) is 0.913. The van der Waals surface area contributed by atoms with Crippen molar-refractivity contribution < 1.29 is 17.9 Å². The van der Waals surface area contributed by atoms with E-state index in [0.29, 0.717) is 0 Å². The van der Waals surface area contributed by atoms with Gasteiger partial charge >= 0.3 is 6.18 Å². The first kappa shape index (κ1) is 9.71. The Morgan fingerprint density at radius 2 is 1.80 bits per heavy atom. The zero-order valence-corrected chi connectivity index (χ0v) is 5.83. The maximum atomic E-state index is 11.8. The van der Waals surface area contributed by atoms with E-state index < -0.39 is 18.3 Å². The van der Waals surface area contributed by atoms with Crippen molar-refractivity contribution in [2.24, 2.45) is 5.73 Å². The van der Waals surface area contributed by atoms with Gasteiger partial charge in [0.1, 0.15) is 5.54 Å². The molecule has 0 fully saturated rings. The molecule has 0 aromatic carbocycles. The summed E-state index contributed by atoms with van der Waals surface area (Å²) >= 11 is 0. The average molecular weight is 157 g/mol. The second-order valence-corrected chi connectivity index (χ2v) is 2.35. The molecule has 0 aromatic rings. The Bertz CT molecular complexity index is 110. The highest BCUT2D eigenvalue weighted by molar-refractivity contribution is 4.86. The molecule has 0 rings (SSSR count). The summed E-state index contributed by atoms with van der Waals surface area (Å²) in [5, 5.41) is 0. The van der Waals surface area contributed by atoms with Gasteiger partial charge < -0.3 is 10.5 Å². The van der Waals surface area contributed by atoms with E-state index in [0.717, 1.165) is 6.92 Å². The van der Waals surface area contributed by atoms with Crippen LogP contribution in [-0.2, 0) is 4.74 Å². The van der Waals surface area contributed by atoms with Gasteiger partial charge in [0.25, 0.3) is 0 Å². The first-order chi connectivity index (χ1) is 4.31. The molecule has 0 spiro atoms. The zero-order chi connectivity index (χ0) is 8.41. The second-order valence-electron chi connectivity index (χ2n) is 2.35. The lowest BCUT2D eigenvalue weighted by Gasteiger charge is -2.26. The SMILES string of the molecule is COCC(C)(N)C(F)(F)F. The third-order valence-corrected chi connectivity index (χ3v) is 1.09. The van der Waals surface area contributed by atoms with Crippen LogP contribution in [-0.4, -0.2) is 25.4 Å². The van der Waals surface area contributed by atoms with E-state index in [-0.39, 0.29) is 0 Å². The Morgan fingerprint density at radius 3 is 1.90 bits per heavy atom. The monoisotopic (exact) mass is 157 g/mol. The maximum Gasteiger partial charge on any atom is 0.408 e. The Kier molecular flexibility index (Phi) is 2.67. The van der Waals surface area contributed by atoms with Crippen LogP contribution in [0.2, 0.25) is 0 Å². The van der Waals surface area contributed by atoms with Gasteiger partial charge in [-0.25, -0.2) is 0 Å². The van der Waals surface area contributed by atoms with Crippen molar-refractivity contribution in [2.45, 2.75) is 18.6 Å². The van der Waals surface area contributed by atoms with Crippen LogP contribution in [0.15, 0.2) is 0 Å². The molecule has 2 N–H and O–H groups in total. The Labute approximate surface area is 57.1 Å². The molecule has 0 aliphatic heterocycles. The molecular weight excluding hydrogens is 147 g/mol. The molecular formula is C5H10F3NO. The zero-order valence-electron chi connectivity index (χ0n) is 5.83. The summed E-state index contributed by atoms with van der Waals surface area (Å²) in [6, 6.07) is 0. The van der Waals surface area contributed by atoms with Crippen LogP contribution in [0.4, 0.5) is 13.2 Å². The van der Waals surface area contributed by atoms with Crippen LogP contribution in [0, 0.1) is 0 Å². The largest absolute Gasteiger partial charge is 0.408 e. The van der Waals surface area contributed by atoms with E-state index in [4.69, 9.17) is 5.73 Å². The van der Waals surface area contributed by atoms with Gasteiger partial charge in [-0.1, -0.05) is 0 Å². The fourth-order valence-corrected chi connectivity index (χ4v) is 0.382. The van der Waals surface area contributed by atoms with E-state index in [1.54, 1.807) is 0 Å². The van der Waals surface area contributed by atoms with Gasteiger partial charge in [0, 0.05) is 7.11 Å². The molecule has 0 bridgehead atoms. The quantitative estimate of drug-likeness (QED) is 0.646. The molecule has 1 atom stereocenters. The van der Waals surface area contributed by atoms with Crippen molar-refractivity contribution in [2.75, 3.05) is 13.7 Å². The molecule has 1 unspecified atom stereocenters. The molecule has 2 nitrogen and oxygen atoms in total. The summed E-state index contributed by atoms with van der Waals surface area (Å²) in [7, 11) is 1.18. The summed E-state index contributed by atoms with van der Waals surface area (Å²) in [4.78, 5) is 0. The van der Waals surface area contributed by atoms with Gasteiger partial charge in [-0.2, -0.15) is 13.2 Å². The number of hydrogen-bond acceptors (Lipinski definition) is 2. The van der Waals surface area contributed by atoms with Crippen LogP contribution in [0.1, 0.15) is 6.92 Å². The van der Waals surface area contributed by atoms with E-state index in [1.807, 2.05) is 0 Å². The van der Waals surface area contributed by atoms with Gasteiger partial charge in [-0.15, -0.1) is 0 Å². The topological polar surface area (TPSA) is 35.2 Å². The molecule has 0 saturated carbocycles. The van der Waals surface area contributed by atoms with Gasteiger partial charge in [0.05, 0.1) is 6.61 Å². The minimum absolute atomic E-state index is 0.517. The molecule has 0 heterocycles. The maximum absolute atomic E-state index is 11.8. The van der Waals surface area contributed by atoms with Crippen molar-refractivity contribution >= 4 is 0 Å². The average Bonchev–Trinajstić information content (AvgIpc) is 1.61. The van der Waals surface area contributed by atoms with Crippen molar-refractivity contribution in [3.63, 3.8) is 0 Å². The lowest BCUT2D eigenvalue weighted by molar-refractivity contribution is -0.192. The standard InChI is InChI=1S/C5H10F3NO/c1-4(9,3-10-2)5(6,7)8/h3,9H2,1-2H3. The van der Waals surface area contributed by atoms with Crippen LogP contribution in [0.25, 0.3) is 0 Å². The summed E-state index contributed by atoms with van der Waals surface area (Å²) in [5.41, 5.74) is 2.62. The van der Waals surface area contributed by atoms with E-state index >= 15 is 0 Å². The minimum Gasteiger partial charge on any atom is -0.382 e. The van der Waals surface area contributed by atoms with Crippen molar-refractivity contribution in [1.29, 1.82) is 0 Å². The Morgan fingerprint density at radius 1 is 1.40 bits per heavy atom. The molecule has 0 aliphatic carbocycles. The Hall–Kier alpha value is -0.290. The van der Waals surface area contributed by atoms with Gasteiger partial charge in [0.2, 0.25) is 0 Å². The van der Waals surface area contributed by atoms with Crippen molar-refractivity contribution in [3.05, 3.63) is 0 Å². The summed E-state index contributed by atoms with van der Waals surface area (Å²) in [6.07, 6.45) is -4.40. The molecule has 0 aliphatic rings. The third-order valence-electron chi connectivity index (χ3n) is 1.09. The van der Waals surface area contributed by atoms with E-state index in [1.165, 1.54) is 7.11 Å². The number of nitrogens with two attached hydrogens (primary N) is 1. The lowest BCUT2D eigenvalue weighted by atomic mass is 10.1. The van der Waals surface area contributed by atoms with Crippen LogP contribution >= 0.6 is 0 Å². The molecule has 0 saturated heterocycles. The number of halogens is 3. The third kappa shape index (κ3) is 2.15. The first-order valence-corrected chi connectivity index (χ1v) is 2.66. The van der Waals surface area contributed by atoms with Gasteiger partial charge in [-0.05, 0) is 6.92 Å². The number of rotatable bonds is 2. The highest BCUT2D eigenvalue weighted by atomic mass is 19.4. The van der Waals surface area contributed by atoms with Crippen LogP contribution in [0.5, 0.6) is 0 Å². The Balaban J connectivity index is 4.10. The summed E-state index contributed by atoms with van der Waals surface area (Å²) in [6.45, 7) is 0.368. The molecule has 0 aromatic heterocycles. The number of methoxy groups -OCH3 is 1. The second kappa shape index (κ2) is 2.75. The highest BCUT2D eigenvalue weighted by Crippen LogP contribution is 2.27. The molecule has 10 heavy (non-hydrogen) atoms. The highest BCUT2D eigenvalue weighted by Gasteiger charge is 2.48.